The van der Waals surface area contributed by atoms with Crippen LogP contribution in [0, 0.1) is 5.41 Å². The highest BCUT2D eigenvalue weighted by atomic mass is 16.5. The van der Waals surface area contributed by atoms with Crippen LogP contribution in [0.3, 0.4) is 0 Å². The molecule has 1 aliphatic rings. The zero-order valence-corrected chi connectivity index (χ0v) is 13.1. The average molecular weight is 275 g/mol. The Kier molecular flexibility index (Phi) is 5.90. The van der Waals surface area contributed by atoms with Gasteiger partial charge in [0.05, 0.1) is 6.61 Å². The van der Waals surface area contributed by atoms with Gasteiger partial charge in [0.25, 0.3) is 0 Å². The number of hydrogen-bond donors (Lipinski definition) is 1. The van der Waals surface area contributed by atoms with E-state index in [0.29, 0.717) is 5.41 Å². The molecular weight excluding hydrogens is 246 g/mol. The fourth-order valence-corrected chi connectivity index (χ4v) is 3.22. The fraction of sp³-hybridized carbons (Fsp3) is 0.667. The molecule has 0 bridgehead atoms. The molecule has 0 aliphatic heterocycles. The summed E-state index contributed by atoms with van der Waals surface area (Å²) in [4.78, 5) is 0. The van der Waals surface area contributed by atoms with Crippen LogP contribution in [0.4, 0.5) is 0 Å². The van der Waals surface area contributed by atoms with Crippen molar-refractivity contribution in [3.05, 3.63) is 29.8 Å². The van der Waals surface area contributed by atoms with E-state index in [1.54, 1.807) is 0 Å². The molecule has 1 N–H and O–H groups in total. The lowest BCUT2D eigenvalue weighted by molar-refractivity contribution is 0.268. The fourth-order valence-electron chi connectivity index (χ4n) is 3.22. The number of benzene rings is 1. The molecule has 1 aromatic carbocycles. The minimum atomic E-state index is 0.566. The van der Waals surface area contributed by atoms with Crippen molar-refractivity contribution in [2.45, 2.75) is 58.9 Å². The van der Waals surface area contributed by atoms with Crippen molar-refractivity contribution in [2.75, 3.05) is 13.2 Å². The van der Waals surface area contributed by atoms with Crippen molar-refractivity contribution in [2.24, 2.45) is 5.41 Å². The molecule has 2 heteroatoms. The normalized spacial score (nSPS) is 17.3. The Morgan fingerprint density at radius 2 is 2.00 bits per heavy atom. The summed E-state index contributed by atoms with van der Waals surface area (Å²) < 4.78 is 5.69. The lowest BCUT2D eigenvalue weighted by atomic mass is 9.83. The maximum Gasteiger partial charge on any atom is 0.119 e. The van der Waals surface area contributed by atoms with E-state index < -0.39 is 0 Å². The number of rotatable bonds is 8. The van der Waals surface area contributed by atoms with Crippen LogP contribution in [0.5, 0.6) is 5.75 Å². The first-order valence-corrected chi connectivity index (χ1v) is 8.20. The highest BCUT2D eigenvalue weighted by Crippen LogP contribution is 2.40. The summed E-state index contributed by atoms with van der Waals surface area (Å²) >= 11 is 0. The van der Waals surface area contributed by atoms with Gasteiger partial charge >= 0.3 is 0 Å². The molecule has 0 unspecified atom stereocenters. The molecule has 0 saturated heterocycles. The van der Waals surface area contributed by atoms with Gasteiger partial charge in [0.15, 0.2) is 0 Å². The molecule has 2 rings (SSSR count). The number of nitrogens with one attached hydrogen (secondary N) is 1. The van der Waals surface area contributed by atoms with E-state index in [9.17, 15) is 0 Å². The molecule has 0 atom stereocenters. The lowest BCUT2D eigenvalue weighted by Crippen LogP contribution is -2.31. The standard InChI is InChI=1S/C18H29NO/c1-3-12-20-17-9-7-8-16(13-17)14-19-15-18(4-2)10-5-6-11-18/h7-9,13,19H,3-6,10-12,14-15H2,1-2H3. The first-order chi connectivity index (χ1) is 9.78. The zero-order chi connectivity index (χ0) is 14.3. The third kappa shape index (κ3) is 4.24. The second-order valence-electron chi connectivity index (χ2n) is 6.16. The Morgan fingerprint density at radius 1 is 1.20 bits per heavy atom. The molecule has 1 aliphatic carbocycles. The van der Waals surface area contributed by atoms with E-state index in [2.05, 4.69) is 37.4 Å². The molecule has 112 valence electrons. The summed E-state index contributed by atoms with van der Waals surface area (Å²) in [5.41, 5.74) is 1.89. The molecule has 0 heterocycles. The van der Waals surface area contributed by atoms with Crippen molar-refractivity contribution in [1.82, 2.24) is 5.32 Å². The molecule has 20 heavy (non-hydrogen) atoms. The third-order valence-electron chi connectivity index (χ3n) is 4.61. The molecule has 1 aromatic rings. The Labute approximate surface area is 123 Å². The van der Waals surface area contributed by atoms with Gasteiger partial charge in [-0.05, 0) is 48.8 Å². The van der Waals surface area contributed by atoms with Crippen molar-refractivity contribution >= 4 is 0 Å². The van der Waals surface area contributed by atoms with Gasteiger partial charge in [-0.25, -0.2) is 0 Å². The van der Waals surface area contributed by atoms with Crippen molar-refractivity contribution in [1.29, 1.82) is 0 Å². The van der Waals surface area contributed by atoms with Crippen LogP contribution in [-0.2, 0) is 6.54 Å². The molecule has 0 spiro atoms. The Balaban J connectivity index is 1.81. The van der Waals surface area contributed by atoms with Crippen LogP contribution in [0.25, 0.3) is 0 Å². The number of hydrogen-bond acceptors (Lipinski definition) is 2. The average Bonchev–Trinajstić information content (AvgIpc) is 2.95. The summed E-state index contributed by atoms with van der Waals surface area (Å²) in [5, 5.41) is 3.66. The van der Waals surface area contributed by atoms with Gasteiger partial charge in [-0.3, -0.25) is 0 Å². The second kappa shape index (κ2) is 7.68. The zero-order valence-electron chi connectivity index (χ0n) is 13.1. The van der Waals surface area contributed by atoms with Crippen LogP contribution in [0.1, 0.15) is 57.9 Å². The van der Waals surface area contributed by atoms with Gasteiger partial charge in [0.2, 0.25) is 0 Å². The van der Waals surface area contributed by atoms with Crippen LogP contribution in [-0.4, -0.2) is 13.2 Å². The molecule has 0 aromatic heterocycles. The molecule has 0 amide bonds. The first kappa shape index (κ1) is 15.4. The minimum absolute atomic E-state index is 0.566. The molecule has 1 fully saturated rings. The molecule has 0 radical (unpaired) electrons. The van der Waals surface area contributed by atoms with E-state index in [0.717, 1.165) is 31.9 Å². The van der Waals surface area contributed by atoms with Gasteiger partial charge in [-0.2, -0.15) is 0 Å². The largest absolute Gasteiger partial charge is 0.494 e. The highest BCUT2D eigenvalue weighted by Gasteiger charge is 2.31. The maximum absolute atomic E-state index is 5.69. The molecular formula is C18H29NO. The van der Waals surface area contributed by atoms with E-state index >= 15 is 0 Å². The van der Waals surface area contributed by atoms with Gasteiger partial charge in [-0.15, -0.1) is 0 Å². The van der Waals surface area contributed by atoms with Crippen LogP contribution >= 0.6 is 0 Å². The monoisotopic (exact) mass is 275 g/mol. The summed E-state index contributed by atoms with van der Waals surface area (Å²) in [5.74, 6) is 0.997. The third-order valence-corrected chi connectivity index (χ3v) is 4.61. The Hall–Kier alpha value is -1.02. The number of ether oxygens (including phenoxy) is 1. The van der Waals surface area contributed by atoms with E-state index in [1.165, 1.54) is 37.7 Å². The summed E-state index contributed by atoms with van der Waals surface area (Å²) in [6.45, 7) is 7.38. The summed E-state index contributed by atoms with van der Waals surface area (Å²) in [6.07, 6.45) is 7.99. The van der Waals surface area contributed by atoms with Crippen LogP contribution < -0.4 is 10.1 Å². The van der Waals surface area contributed by atoms with Crippen molar-refractivity contribution in [3.8, 4) is 5.75 Å². The highest BCUT2D eigenvalue weighted by molar-refractivity contribution is 5.28. The van der Waals surface area contributed by atoms with E-state index in [1.807, 2.05) is 6.07 Å². The van der Waals surface area contributed by atoms with Gasteiger partial charge in [-0.1, -0.05) is 38.8 Å². The smallest absolute Gasteiger partial charge is 0.119 e. The summed E-state index contributed by atoms with van der Waals surface area (Å²) in [6, 6.07) is 8.48. The lowest BCUT2D eigenvalue weighted by Gasteiger charge is -2.27. The van der Waals surface area contributed by atoms with Crippen molar-refractivity contribution < 1.29 is 4.74 Å². The quantitative estimate of drug-likeness (QED) is 0.752. The second-order valence-corrected chi connectivity index (χ2v) is 6.16. The minimum Gasteiger partial charge on any atom is -0.494 e. The SMILES string of the molecule is CCCOc1cccc(CNCC2(CC)CCCC2)c1. The molecule has 2 nitrogen and oxygen atoms in total. The van der Waals surface area contributed by atoms with Crippen molar-refractivity contribution in [3.63, 3.8) is 0 Å². The summed E-state index contributed by atoms with van der Waals surface area (Å²) in [7, 11) is 0. The van der Waals surface area contributed by atoms with E-state index in [4.69, 9.17) is 4.74 Å². The Bertz CT molecular complexity index is 396. The predicted molar refractivity (Wildman–Crippen MR) is 85.1 cm³/mol. The van der Waals surface area contributed by atoms with Crippen LogP contribution in [0.15, 0.2) is 24.3 Å². The topological polar surface area (TPSA) is 21.3 Å². The van der Waals surface area contributed by atoms with Gasteiger partial charge in [0, 0.05) is 13.1 Å². The van der Waals surface area contributed by atoms with Crippen LogP contribution in [0.2, 0.25) is 0 Å². The Morgan fingerprint density at radius 3 is 2.70 bits per heavy atom. The predicted octanol–water partition coefficient (Wildman–Crippen LogP) is 4.54. The molecule has 1 saturated carbocycles. The van der Waals surface area contributed by atoms with Gasteiger partial charge in [0.1, 0.15) is 5.75 Å². The van der Waals surface area contributed by atoms with Gasteiger partial charge < -0.3 is 10.1 Å². The first-order valence-electron chi connectivity index (χ1n) is 8.20. The maximum atomic E-state index is 5.69. The van der Waals surface area contributed by atoms with E-state index in [-0.39, 0.29) is 0 Å².